The minimum Gasteiger partial charge on any atom is -0.386 e. The Morgan fingerprint density at radius 1 is 1.50 bits per heavy atom. The molecule has 0 radical (unpaired) electrons. The first kappa shape index (κ1) is 13.6. The summed E-state index contributed by atoms with van der Waals surface area (Å²) in [5.41, 5.74) is -0.904. The lowest BCUT2D eigenvalue weighted by atomic mass is 10.1. The molecule has 2 aliphatic rings. The monoisotopic (exact) mass is 304 g/mol. The molecule has 3 rings (SSSR count). The maximum atomic E-state index is 11.8. The summed E-state index contributed by atoms with van der Waals surface area (Å²) in [6.07, 6.45) is -2.42. The van der Waals surface area contributed by atoms with E-state index in [-0.39, 0.29) is 6.61 Å². The Morgan fingerprint density at radius 2 is 2.25 bits per heavy atom. The molecule has 2 N–H and O–H groups in total. The Hall–Kier alpha value is -1.33. The van der Waals surface area contributed by atoms with Crippen molar-refractivity contribution < 1.29 is 22.4 Å². The minimum atomic E-state index is -1.94. The van der Waals surface area contributed by atoms with E-state index in [0.29, 0.717) is 5.56 Å². The molecule has 1 aromatic heterocycles. The summed E-state index contributed by atoms with van der Waals surface area (Å²) in [5, 5.41) is 10.1. The number of aromatic amines is 1. The van der Waals surface area contributed by atoms with Gasteiger partial charge in [0.25, 0.3) is 5.56 Å². The van der Waals surface area contributed by atoms with Gasteiger partial charge in [0.05, 0.1) is 6.61 Å². The van der Waals surface area contributed by atoms with Crippen LogP contribution in [0.1, 0.15) is 11.8 Å². The van der Waals surface area contributed by atoms with Crippen LogP contribution in [0.25, 0.3) is 0 Å². The Morgan fingerprint density at radius 3 is 3.00 bits per heavy atom. The van der Waals surface area contributed by atoms with Gasteiger partial charge in [-0.1, -0.05) is 0 Å². The van der Waals surface area contributed by atoms with Crippen LogP contribution in [0.4, 0.5) is 0 Å². The number of ether oxygens (including phenoxy) is 1. The molecule has 5 atom stereocenters. The second-order valence-electron chi connectivity index (χ2n) is 4.58. The highest BCUT2D eigenvalue weighted by Gasteiger charge is 2.49. The Kier molecular flexibility index (Phi) is 3.34. The predicted molar refractivity (Wildman–Crippen MR) is 64.9 cm³/mol. The van der Waals surface area contributed by atoms with E-state index in [2.05, 4.69) is 4.98 Å². The lowest BCUT2D eigenvalue weighted by Gasteiger charge is -2.23. The quantitative estimate of drug-likeness (QED) is 0.621. The van der Waals surface area contributed by atoms with Gasteiger partial charge in [0.1, 0.15) is 18.3 Å². The van der Waals surface area contributed by atoms with Gasteiger partial charge in [0.2, 0.25) is 0 Å². The number of fused-ring (bicyclic) bond motifs is 1. The van der Waals surface area contributed by atoms with Crippen LogP contribution in [0.5, 0.6) is 0 Å². The van der Waals surface area contributed by atoms with Crippen molar-refractivity contribution in [3.63, 3.8) is 0 Å². The van der Waals surface area contributed by atoms with Gasteiger partial charge in [-0.3, -0.25) is 22.7 Å². The number of aromatic nitrogens is 2. The lowest BCUT2D eigenvalue weighted by molar-refractivity contribution is -0.0562. The molecule has 1 aromatic rings. The molecule has 10 heteroatoms. The maximum absolute atomic E-state index is 11.8. The summed E-state index contributed by atoms with van der Waals surface area (Å²) in [5.74, 6) is 0. The van der Waals surface area contributed by atoms with Gasteiger partial charge in [-0.05, 0) is 6.92 Å². The molecule has 0 aliphatic carbocycles. The number of nitrogens with one attached hydrogen (secondary N) is 1. The molecule has 2 saturated heterocycles. The van der Waals surface area contributed by atoms with E-state index < -0.39 is 47.2 Å². The molecular weight excluding hydrogens is 292 g/mol. The van der Waals surface area contributed by atoms with Crippen LogP contribution in [0, 0.1) is 6.92 Å². The number of aliphatic hydroxyl groups excluding tert-OH is 1. The first-order valence-corrected chi connectivity index (χ1v) is 6.85. The minimum absolute atomic E-state index is 0.0120. The van der Waals surface area contributed by atoms with Crippen molar-refractivity contribution >= 4 is 11.4 Å². The van der Waals surface area contributed by atoms with Crippen LogP contribution in [-0.2, 0) is 24.5 Å². The molecule has 0 bridgehead atoms. The zero-order valence-electron chi connectivity index (χ0n) is 10.3. The summed E-state index contributed by atoms with van der Waals surface area (Å²) < 4.78 is 27.4. The number of hydrogen-bond donors (Lipinski definition) is 2. The smallest absolute Gasteiger partial charge is 0.330 e. The first-order valence-electron chi connectivity index (χ1n) is 5.85. The summed E-state index contributed by atoms with van der Waals surface area (Å²) in [6, 6.07) is 0. The maximum Gasteiger partial charge on any atom is 0.330 e. The van der Waals surface area contributed by atoms with Crippen LogP contribution in [0.2, 0.25) is 0 Å². The fourth-order valence-corrected chi connectivity index (χ4v) is 2.94. The molecule has 2 fully saturated rings. The average Bonchev–Trinajstić information content (AvgIpc) is 2.71. The Bertz CT molecular complexity index is 668. The number of hydrogen-bond acceptors (Lipinski definition) is 7. The summed E-state index contributed by atoms with van der Waals surface area (Å²) in [6.45, 7) is 1.51. The van der Waals surface area contributed by atoms with Crippen LogP contribution in [-0.4, -0.2) is 43.8 Å². The topological polar surface area (TPSA) is 120 Å². The molecule has 2 aliphatic heterocycles. The first-order chi connectivity index (χ1) is 9.47. The second-order valence-corrected chi connectivity index (χ2v) is 5.42. The van der Waals surface area contributed by atoms with E-state index in [4.69, 9.17) is 13.1 Å². The highest BCUT2D eigenvalue weighted by Crippen LogP contribution is 2.33. The van der Waals surface area contributed by atoms with Crippen molar-refractivity contribution in [2.75, 3.05) is 6.61 Å². The molecule has 20 heavy (non-hydrogen) atoms. The fraction of sp³-hybridized carbons (Fsp3) is 0.600. The molecule has 3 heterocycles. The van der Waals surface area contributed by atoms with Crippen LogP contribution in [0.15, 0.2) is 15.8 Å². The summed E-state index contributed by atoms with van der Waals surface area (Å²) >= 11 is -1.94. The number of rotatable bonds is 1. The molecule has 9 nitrogen and oxygen atoms in total. The molecule has 0 spiro atoms. The normalized spacial score (nSPS) is 36.8. The Labute approximate surface area is 115 Å². The molecule has 110 valence electrons. The van der Waals surface area contributed by atoms with Crippen LogP contribution < -0.4 is 11.2 Å². The van der Waals surface area contributed by atoms with Crippen LogP contribution >= 0.6 is 0 Å². The van der Waals surface area contributed by atoms with Crippen LogP contribution in [0.3, 0.4) is 0 Å². The summed E-state index contributed by atoms with van der Waals surface area (Å²) in [7, 11) is 0. The third kappa shape index (κ3) is 2.15. The Balaban J connectivity index is 1.96. The number of aryl methyl sites for hydroxylation is 1. The number of nitrogens with zero attached hydrogens (tertiary/aromatic N) is 1. The molecular formula is C10H12N2O7S. The van der Waals surface area contributed by atoms with Crippen molar-refractivity contribution in [2.24, 2.45) is 0 Å². The second kappa shape index (κ2) is 4.90. The van der Waals surface area contributed by atoms with Crippen molar-refractivity contribution in [3.8, 4) is 0 Å². The predicted octanol–water partition coefficient (Wildman–Crippen LogP) is -1.90. The van der Waals surface area contributed by atoms with Crippen molar-refractivity contribution in [3.05, 3.63) is 32.6 Å². The zero-order chi connectivity index (χ0) is 14.4. The number of H-pyrrole nitrogens is 1. The van der Waals surface area contributed by atoms with E-state index in [0.717, 1.165) is 4.57 Å². The van der Waals surface area contributed by atoms with E-state index in [9.17, 15) is 18.9 Å². The van der Waals surface area contributed by atoms with Gasteiger partial charge < -0.3 is 9.84 Å². The van der Waals surface area contributed by atoms with Gasteiger partial charge in [-0.15, -0.1) is 0 Å². The fourth-order valence-electron chi connectivity index (χ4n) is 2.22. The molecule has 0 amide bonds. The van der Waals surface area contributed by atoms with Crippen molar-refractivity contribution in [1.82, 2.24) is 9.55 Å². The van der Waals surface area contributed by atoms with E-state index >= 15 is 0 Å². The molecule has 1 unspecified atom stereocenters. The van der Waals surface area contributed by atoms with Crippen molar-refractivity contribution in [2.45, 2.75) is 31.5 Å². The van der Waals surface area contributed by atoms with Gasteiger partial charge in [0.15, 0.2) is 6.23 Å². The van der Waals surface area contributed by atoms with E-state index in [1.54, 1.807) is 0 Å². The standard InChI is InChI=1S/C10H12N2O7S/c1-4-2-12(10(15)11-8(4)14)9-6(13)7-5(18-9)3-17-20(16)19-7/h2,5-7,9,13H,3H2,1H3,(H,11,14,15)/t5-,6-,7+,9-,20?/m1/s1. The number of aliphatic hydroxyl groups is 1. The van der Waals surface area contributed by atoms with E-state index in [1.807, 2.05) is 0 Å². The average molecular weight is 304 g/mol. The molecule has 0 aromatic carbocycles. The largest absolute Gasteiger partial charge is 0.386 e. The SMILES string of the molecule is Cc1cn([C@@H]2O[C@@H]3COS(=O)O[C@@H]3[C@H]2O)c(=O)[nH]c1=O. The van der Waals surface area contributed by atoms with E-state index in [1.165, 1.54) is 13.1 Å². The van der Waals surface area contributed by atoms with Gasteiger partial charge in [-0.2, -0.15) is 4.21 Å². The van der Waals surface area contributed by atoms with Gasteiger partial charge in [-0.25, -0.2) is 4.79 Å². The van der Waals surface area contributed by atoms with Gasteiger partial charge in [0, 0.05) is 11.8 Å². The zero-order valence-corrected chi connectivity index (χ0v) is 11.2. The van der Waals surface area contributed by atoms with Gasteiger partial charge >= 0.3 is 17.1 Å². The van der Waals surface area contributed by atoms with Crippen molar-refractivity contribution in [1.29, 1.82) is 0 Å². The summed E-state index contributed by atoms with van der Waals surface area (Å²) in [4.78, 5) is 25.2. The lowest BCUT2D eigenvalue weighted by Crippen LogP contribution is -2.42. The molecule has 0 saturated carbocycles. The highest BCUT2D eigenvalue weighted by molar-refractivity contribution is 7.75. The third-order valence-corrected chi connectivity index (χ3v) is 3.96. The third-order valence-electron chi connectivity index (χ3n) is 3.25. The highest BCUT2D eigenvalue weighted by atomic mass is 32.2.